The van der Waals surface area contributed by atoms with Crippen molar-refractivity contribution < 1.29 is 19.5 Å². The summed E-state index contributed by atoms with van der Waals surface area (Å²) in [5, 5.41) is 9.46. The molecule has 1 unspecified atom stereocenters. The van der Waals surface area contributed by atoms with Crippen molar-refractivity contribution in [3.63, 3.8) is 0 Å². The molecule has 5 nitrogen and oxygen atoms in total. The Kier molecular flexibility index (Phi) is 6.81. The largest absolute Gasteiger partial charge is 0.480 e. The van der Waals surface area contributed by atoms with Crippen LogP contribution in [0.25, 0.3) is 0 Å². The van der Waals surface area contributed by atoms with Crippen molar-refractivity contribution in [2.45, 2.75) is 37.6 Å². The van der Waals surface area contributed by atoms with E-state index in [4.69, 9.17) is 5.73 Å². The van der Waals surface area contributed by atoms with E-state index >= 15 is 0 Å². The fourth-order valence-electron chi connectivity index (χ4n) is 2.80. The number of unbranched alkanes of at least 4 members (excludes halogenated alkanes) is 2. The molecule has 2 rings (SSSR count). The highest BCUT2D eigenvalue weighted by Gasteiger charge is 2.41. The van der Waals surface area contributed by atoms with Crippen LogP contribution < -0.4 is 5.73 Å². The van der Waals surface area contributed by atoms with E-state index in [1.165, 1.54) is 0 Å². The van der Waals surface area contributed by atoms with Crippen molar-refractivity contribution >= 4 is 17.5 Å². The lowest BCUT2D eigenvalue weighted by atomic mass is 9.85. The molecule has 0 aromatic heterocycles. The molecule has 0 radical (unpaired) electrons. The molecule has 26 heavy (non-hydrogen) atoms. The van der Waals surface area contributed by atoms with Gasteiger partial charge in [-0.15, -0.1) is 0 Å². The molecule has 1 atom stereocenters. The standard InChI is InChI=1S/C21H23NO4/c22-21(20(25)26,19(24)17-12-6-2-7-13-17)15-9-3-8-14-18(23)16-10-4-1-5-11-16/h1-2,4-7,10-13H,3,8-9,14-15,22H2,(H,25,26). The Morgan fingerprint density at radius 1 is 0.808 bits per heavy atom. The Morgan fingerprint density at radius 2 is 1.35 bits per heavy atom. The number of Topliss-reactive ketones (excluding diaryl/α,β-unsaturated/α-hetero) is 2. The van der Waals surface area contributed by atoms with E-state index in [2.05, 4.69) is 0 Å². The minimum Gasteiger partial charge on any atom is -0.480 e. The number of carboxylic acid groups (broad SMARTS) is 1. The smallest absolute Gasteiger partial charge is 0.331 e. The predicted octanol–water partition coefficient (Wildman–Crippen LogP) is 3.48. The number of rotatable bonds is 10. The van der Waals surface area contributed by atoms with Crippen molar-refractivity contribution in [3.05, 3.63) is 71.8 Å². The average molecular weight is 353 g/mol. The third kappa shape index (κ3) is 4.86. The van der Waals surface area contributed by atoms with Gasteiger partial charge in [-0.2, -0.15) is 0 Å². The zero-order valence-electron chi connectivity index (χ0n) is 14.6. The van der Waals surface area contributed by atoms with Gasteiger partial charge in [-0.25, -0.2) is 4.79 Å². The van der Waals surface area contributed by atoms with Crippen LogP contribution in [0.3, 0.4) is 0 Å². The lowest BCUT2D eigenvalue weighted by Gasteiger charge is -2.23. The van der Waals surface area contributed by atoms with Gasteiger partial charge in [0.1, 0.15) is 0 Å². The van der Waals surface area contributed by atoms with Crippen LogP contribution in [0.4, 0.5) is 0 Å². The molecule has 0 aliphatic rings. The van der Waals surface area contributed by atoms with E-state index in [1.807, 2.05) is 18.2 Å². The summed E-state index contributed by atoms with van der Waals surface area (Å²) in [5.74, 6) is -1.86. The van der Waals surface area contributed by atoms with Gasteiger partial charge in [0.15, 0.2) is 17.1 Å². The summed E-state index contributed by atoms with van der Waals surface area (Å²) >= 11 is 0. The second-order valence-corrected chi connectivity index (χ2v) is 6.32. The molecule has 0 spiro atoms. The highest BCUT2D eigenvalue weighted by molar-refractivity contribution is 6.15. The van der Waals surface area contributed by atoms with Crippen molar-refractivity contribution in [2.75, 3.05) is 0 Å². The highest BCUT2D eigenvalue weighted by atomic mass is 16.4. The van der Waals surface area contributed by atoms with Gasteiger partial charge < -0.3 is 10.8 Å². The molecule has 136 valence electrons. The fourth-order valence-corrected chi connectivity index (χ4v) is 2.80. The molecular formula is C21H23NO4. The van der Waals surface area contributed by atoms with Crippen LogP contribution in [-0.2, 0) is 4.79 Å². The molecule has 0 aliphatic heterocycles. The third-order valence-corrected chi connectivity index (χ3v) is 4.39. The van der Waals surface area contributed by atoms with Gasteiger partial charge in [-0.05, 0) is 12.8 Å². The van der Waals surface area contributed by atoms with Crippen LogP contribution in [0.15, 0.2) is 60.7 Å². The number of benzene rings is 2. The summed E-state index contributed by atoms with van der Waals surface area (Å²) < 4.78 is 0. The van der Waals surface area contributed by atoms with Gasteiger partial charge in [0, 0.05) is 17.5 Å². The maximum atomic E-state index is 12.5. The molecule has 0 aliphatic carbocycles. The van der Waals surface area contributed by atoms with E-state index in [-0.39, 0.29) is 17.8 Å². The Hall–Kier alpha value is -2.79. The maximum Gasteiger partial charge on any atom is 0.331 e. The first kappa shape index (κ1) is 19.5. The average Bonchev–Trinajstić information content (AvgIpc) is 2.68. The number of nitrogens with two attached hydrogens (primary N) is 1. The van der Waals surface area contributed by atoms with E-state index < -0.39 is 17.3 Å². The first-order valence-electron chi connectivity index (χ1n) is 8.65. The summed E-state index contributed by atoms with van der Waals surface area (Å²) in [5.41, 5.74) is 4.95. The molecular weight excluding hydrogens is 330 g/mol. The Balaban J connectivity index is 1.86. The second kappa shape index (κ2) is 9.06. The zero-order chi connectivity index (χ0) is 19.0. The number of hydrogen-bond acceptors (Lipinski definition) is 4. The summed E-state index contributed by atoms with van der Waals surface area (Å²) in [7, 11) is 0. The number of carbonyl (C=O) groups excluding carboxylic acids is 2. The maximum absolute atomic E-state index is 12.5. The third-order valence-electron chi connectivity index (χ3n) is 4.39. The quantitative estimate of drug-likeness (QED) is 0.387. The first-order valence-corrected chi connectivity index (χ1v) is 8.65. The summed E-state index contributed by atoms with van der Waals surface area (Å²) in [6.45, 7) is 0. The minimum atomic E-state index is -1.94. The van der Waals surface area contributed by atoms with Crippen LogP contribution in [-0.4, -0.2) is 28.2 Å². The van der Waals surface area contributed by atoms with Gasteiger partial charge in [0.05, 0.1) is 0 Å². The van der Waals surface area contributed by atoms with Gasteiger partial charge in [-0.3, -0.25) is 9.59 Å². The van der Waals surface area contributed by atoms with E-state index in [9.17, 15) is 19.5 Å². The topological polar surface area (TPSA) is 97.5 Å². The molecule has 0 fully saturated rings. The summed E-state index contributed by atoms with van der Waals surface area (Å²) in [6, 6.07) is 17.3. The van der Waals surface area contributed by atoms with Crippen LogP contribution in [0.2, 0.25) is 0 Å². The normalized spacial score (nSPS) is 13.0. The Labute approximate surface area is 152 Å². The molecule has 2 aromatic carbocycles. The van der Waals surface area contributed by atoms with E-state index in [1.54, 1.807) is 42.5 Å². The van der Waals surface area contributed by atoms with E-state index in [0.29, 0.717) is 31.2 Å². The highest BCUT2D eigenvalue weighted by Crippen LogP contribution is 2.20. The van der Waals surface area contributed by atoms with Gasteiger partial charge >= 0.3 is 5.97 Å². The second-order valence-electron chi connectivity index (χ2n) is 6.32. The van der Waals surface area contributed by atoms with Crippen LogP contribution >= 0.6 is 0 Å². The lowest BCUT2D eigenvalue weighted by molar-refractivity contribution is -0.141. The molecule has 5 heteroatoms. The molecule has 3 N–H and O–H groups in total. The molecule has 2 aromatic rings. The molecule has 0 bridgehead atoms. The Bertz CT molecular complexity index is 758. The number of hydrogen-bond donors (Lipinski definition) is 2. The number of ketones is 2. The molecule has 0 heterocycles. The molecule has 0 saturated carbocycles. The lowest BCUT2D eigenvalue weighted by Crippen LogP contribution is -2.54. The van der Waals surface area contributed by atoms with Gasteiger partial charge in [-0.1, -0.05) is 73.5 Å². The number of aliphatic carboxylic acids is 1. The first-order chi connectivity index (χ1) is 12.4. The number of carboxylic acids is 1. The van der Waals surface area contributed by atoms with Crippen LogP contribution in [0.5, 0.6) is 0 Å². The van der Waals surface area contributed by atoms with Gasteiger partial charge in [0.25, 0.3) is 0 Å². The SMILES string of the molecule is NC(CCCCCC(=O)c1ccccc1)(C(=O)O)C(=O)c1ccccc1. The molecule has 0 amide bonds. The fraction of sp³-hybridized carbons (Fsp3) is 0.286. The van der Waals surface area contributed by atoms with Crippen molar-refractivity contribution in [1.82, 2.24) is 0 Å². The minimum absolute atomic E-state index is 0.0373. The summed E-state index contributed by atoms with van der Waals surface area (Å²) in [6.07, 6.45) is 2.15. The van der Waals surface area contributed by atoms with E-state index in [0.717, 1.165) is 0 Å². The van der Waals surface area contributed by atoms with Gasteiger partial charge in [0.2, 0.25) is 0 Å². The van der Waals surface area contributed by atoms with Crippen molar-refractivity contribution in [1.29, 1.82) is 0 Å². The molecule has 0 saturated heterocycles. The van der Waals surface area contributed by atoms with Crippen molar-refractivity contribution in [2.24, 2.45) is 5.73 Å². The zero-order valence-corrected chi connectivity index (χ0v) is 14.6. The number of carbonyl (C=O) groups is 3. The van der Waals surface area contributed by atoms with Crippen LogP contribution in [0, 0.1) is 0 Å². The van der Waals surface area contributed by atoms with Crippen molar-refractivity contribution in [3.8, 4) is 0 Å². The van der Waals surface area contributed by atoms with Crippen LogP contribution in [0.1, 0.15) is 52.8 Å². The monoisotopic (exact) mass is 353 g/mol. The summed E-state index contributed by atoms with van der Waals surface area (Å²) in [4.78, 5) is 36.1. The predicted molar refractivity (Wildman–Crippen MR) is 99.2 cm³/mol. The Morgan fingerprint density at radius 3 is 1.88 bits per heavy atom.